The standard InChI is InChI=1S/C9H9N3O2S/c1-5-7(2-8(13)14)15-9(12-5)6-3-10-11-4-6/h3-4H,2H2,1H3,(H,10,11)(H,13,14). The number of carboxylic acid groups (broad SMARTS) is 1. The number of hydrogen-bond acceptors (Lipinski definition) is 4. The zero-order valence-corrected chi connectivity index (χ0v) is 8.84. The van der Waals surface area contributed by atoms with Crippen molar-refractivity contribution in [1.29, 1.82) is 0 Å². The molecule has 0 spiro atoms. The fourth-order valence-electron chi connectivity index (χ4n) is 1.22. The lowest BCUT2D eigenvalue weighted by Gasteiger charge is -1.89. The Morgan fingerprint density at radius 3 is 3.07 bits per heavy atom. The van der Waals surface area contributed by atoms with E-state index in [0.717, 1.165) is 21.1 Å². The van der Waals surface area contributed by atoms with Crippen molar-refractivity contribution in [3.05, 3.63) is 23.0 Å². The maximum atomic E-state index is 10.6. The van der Waals surface area contributed by atoms with Gasteiger partial charge in [-0.2, -0.15) is 5.10 Å². The summed E-state index contributed by atoms with van der Waals surface area (Å²) in [5, 5.41) is 16.0. The topological polar surface area (TPSA) is 78.9 Å². The van der Waals surface area contributed by atoms with Crippen LogP contribution in [-0.4, -0.2) is 26.3 Å². The highest BCUT2D eigenvalue weighted by Gasteiger charge is 2.12. The molecule has 0 fully saturated rings. The van der Waals surface area contributed by atoms with Crippen LogP contribution in [0.1, 0.15) is 10.6 Å². The summed E-state index contributed by atoms with van der Waals surface area (Å²) in [6.07, 6.45) is 3.44. The van der Waals surface area contributed by atoms with Gasteiger partial charge >= 0.3 is 5.97 Å². The molecule has 78 valence electrons. The highest BCUT2D eigenvalue weighted by Crippen LogP contribution is 2.27. The number of rotatable bonds is 3. The lowest BCUT2D eigenvalue weighted by Crippen LogP contribution is -1.99. The number of aromatic nitrogens is 3. The van der Waals surface area contributed by atoms with Crippen LogP contribution in [0.5, 0.6) is 0 Å². The van der Waals surface area contributed by atoms with Crippen LogP contribution in [-0.2, 0) is 11.2 Å². The highest BCUT2D eigenvalue weighted by atomic mass is 32.1. The van der Waals surface area contributed by atoms with E-state index in [0.29, 0.717) is 0 Å². The summed E-state index contributed by atoms with van der Waals surface area (Å²) < 4.78 is 0. The van der Waals surface area contributed by atoms with E-state index < -0.39 is 5.97 Å². The zero-order valence-electron chi connectivity index (χ0n) is 8.02. The number of hydrogen-bond donors (Lipinski definition) is 2. The van der Waals surface area contributed by atoms with Crippen molar-refractivity contribution in [1.82, 2.24) is 15.2 Å². The Hall–Kier alpha value is -1.69. The van der Waals surface area contributed by atoms with E-state index in [1.165, 1.54) is 11.3 Å². The number of nitrogens with one attached hydrogen (secondary N) is 1. The summed E-state index contributed by atoms with van der Waals surface area (Å²) in [4.78, 5) is 15.7. The smallest absolute Gasteiger partial charge is 0.308 e. The van der Waals surface area contributed by atoms with Gasteiger partial charge in [0.05, 0.1) is 18.3 Å². The van der Waals surface area contributed by atoms with Crippen LogP contribution in [0.2, 0.25) is 0 Å². The van der Waals surface area contributed by atoms with Crippen molar-refractivity contribution in [2.75, 3.05) is 0 Å². The van der Waals surface area contributed by atoms with Gasteiger partial charge < -0.3 is 5.11 Å². The Bertz CT molecular complexity index is 476. The van der Waals surface area contributed by atoms with Gasteiger partial charge in [0.2, 0.25) is 0 Å². The van der Waals surface area contributed by atoms with E-state index in [1.807, 2.05) is 6.92 Å². The monoisotopic (exact) mass is 223 g/mol. The van der Waals surface area contributed by atoms with E-state index in [1.54, 1.807) is 12.4 Å². The summed E-state index contributed by atoms with van der Waals surface area (Å²) in [7, 11) is 0. The molecule has 6 heteroatoms. The Labute approximate surface area is 89.8 Å². The maximum absolute atomic E-state index is 10.6. The van der Waals surface area contributed by atoms with Crippen LogP contribution >= 0.6 is 11.3 Å². The molecule has 2 N–H and O–H groups in total. The average Bonchev–Trinajstić information content (AvgIpc) is 2.75. The molecule has 0 amide bonds. The summed E-state index contributed by atoms with van der Waals surface area (Å²) in [5.41, 5.74) is 1.67. The van der Waals surface area contributed by atoms with Gasteiger partial charge in [-0.25, -0.2) is 4.98 Å². The molecule has 5 nitrogen and oxygen atoms in total. The molecule has 0 aliphatic rings. The minimum absolute atomic E-state index is 0.0291. The molecular weight excluding hydrogens is 214 g/mol. The Morgan fingerprint density at radius 1 is 1.67 bits per heavy atom. The predicted molar refractivity (Wildman–Crippen MR) is 55.8 cm³/mol. The molecule has 2 heterocycles. The van der Waals surface area contributed by atoms with Crippen LogP contribution in [0, 0.1) is 6.92 Å². The third-order valence-corrected chi connectivity index (χ3v) is 3.16. The van der Waals surface area contributed by atoms with Gasteiger partial charge in [-0.1, -0.05) is 0 Å². The number of aromatic amines is 1. The fourth-order valence-corrected chi connectivity index (χ4v) is 2.26. The number of carboxylic acids is 1. The van der Waals surface area contributed by atoms with Crippen molar-refractivity contribution < 1.29 is 9.90 Å². The van der Waals surface area contributed by atoms with Crippen molar-refractivity contribution in [3.63, 3.8) is 0 Å². The van der Waals surface area contributed by atoms with Gasteiger partial charge in [-0.05, 0) is 6.92 Å². The summed E-state index contributed by atoms with van der Waals surface area (Å²) >= 11 is 1.39. The number of aliphatic carboxylic acids is 1. The molecule has 15 heavy (non-hydrogen) atoms. The molecule has 0 aromatic carbocycles. The van der Waals surface area contributed by atoms with Crippen LogP contribution in [0.3, 0.4) is 0 Å². The Kier molecular flexibility index (Phi) is 2.51. The number of carbonyl (C=O) groups is 1. The molecule has 0 atom stereocenters. The van der Waals surface area contributed by atoms with Crippen molar-refractivity contribution in [2.24, 2.45) is 0 Å². The lowest BCUT2D eigenvalue weighted by molar-refractivity contribution is -0.136. The molecule has 0 aliphatic heterocycles. The summed E-state index contributed by atoms with van der Waals surface area (Å²) in [5.74, 6) is -0.833. The fraction of sp³-hybridized carbons (Fsp3) is 0.222. The molecule has 0 saturated carbocycles. The van der Waals surface area contributed by atoms with Gasteiger partial charge in [0.25, 0.3) is 0 Å². The maximum Gasteiger partial charge on any atom is 0.308 e. The minimum Gasteiger partial charge on any atom is -0.481 e. The molecule has 0 bridgehead atoms. The summed E-state index contributed by atoms with van der Waals surface area (Å²) in [6.45, 7) is 1.82. The van der Waals surface area contributed by atoms with E-state index >= 15 is 0 Å². The van der Waals surface area contributed by atoms with Gasteiger partial charge in [-0.3, -0.25) is 9.89 Å². The number of aryl methyl sites for hydroxylation is 1. The van der Waals surface area contributed by atoms with Crippen molar-refractivity contribution in [3.8, 4) is 10.6 Å². The van der Waals surface area contributed by atoms with Crippen LogP contribution in [0.4, 0.5) is 0 Å². The average molecular weight is 223 g/mol. The van der Waals surface area contributed by atoms with Crippen LogP contribution in [0.25, 0.3) is 10.6 Å². The van der Waals surface area contributed by atoms with E-state index in [4.69, 9.17) is 5.11 Å². The Balaban J connectivity index is 2.33. The van der Waals surface area contributed by atoms with Gasteiger partial charge in [0.1, 0.15) is 5.01 Å². The minimum atomic E-state index is -0.833. The van der Waals surface area contributed by atoms with Crippen molar-refractivity contribution in [2.45, 2.75) is 13.3 Å². The number of thiazole rings is 1. The zero-order chi connectivity index (χ0) is 10.8. The van der Waals surface area contributed by atoms with Gasteiger partial charge in [0, 0.05) is 16.6 Å². The highest BCUT2D eigenvalue weighted by molar-refractivity contribution is 7.15. The first kappa shape index (κ1) is 9.85. The molecule has 0 aliphatic carbocycles. The largest absolute Gasteiger partial charge is 0.481 e. The molecule has 2 aromatic heterocycles. The van der Waals surface area contributed by atoms with Crippen LogP contribution < -0.4 is 0 Å². The molecular formula is C9H9N3O2S. The van der Waals surface area contributed by atoms with Gasteiger partial charge in [-0.15, -0.1) is 11.3 Å². The SMILES string of the molecule is Cc1nc(-c2cn[nH]c2)sc1CC(=O)O. The molecule has 0 radical (unpaired) electrons. The molecule has 2 aromatic rings. The van der Waals surface area contributed by atoms with E-state index in [-0.39, 0.29) is 6.42 Å². The van der Waals surface area contributed by atoms with Crippen LogP contribution in [0.15, 0.2) is 12.4 Å². The first-order valence-electron chi connectivity index (χ1n) is 4.34. The molecule has 0 saturated heterocycles. The van der Waals surface area contributed by atoms with Gasteiger partial charge in [0.15, 0.2) is 0 Å². The van der Waals surface area contributed by atoms with E-state index in [9.17, 15) is 4.79 Å². The number of nitrogens with zero attached hydrogens (tertiary/aromatic N) is 2. The quantitative estimate of drug-likeness (QED) is 0.825. The summed E-state index contributed by atoms with van der Waals surface area (Å²) in [6, 6.07) is 0. The van der Waals surface area contributed by atoms with E-state index in [2.05, 4.69) is 15.2 Å². The molecule has 2 rings (SSSR count). The third-order valence-electron chi connectivity index (χ3n) is 1.95. The number of H-pyrrole nitrogens is 1. The van der Waals surface area contributed by atoms with Crippen molar-refractivity contribution >= 4 is 17.3 Å². The first-order valence-corrected chi connectivity index (χ1v) is 5.15. The Morgan fingerprint density at radius 2 is 2.47 bits per heavy atom. The second kappa shape index (κ2) is 3.82. The third kappa shape index (κ3) is 2.04. The normalized spacial score (nSPS) is 10.5. The molecule has 0 unspecified atom stereocenters. The second-order valence-corrected chi connectivity index (χ2v) is 4.17. The first-order chi connectivity index (χ1) is 7.16. The lowest BCUT2D eigenvalue weighted by atomic mass is 10.3. The second-order valence-electron chi connectivity index (χ2n) is 3.09. The predicted octanol–water partition coefficient (Wildman–Crippen LogP) is 1.47.